The van der Waals surface area contributed by atoms with Gasteiger partial charge in [0.2, 0.25) is 0 Å². The molecular weight excluding hydrogens is 556 g/mol. The van der Waals surface area contributed by atoms with Crippen LogP contribution in [0.1, 0.15) is 128 Å². The molecule has 0 saturated heterocycles. The first-order valence-electron chi connectivity index (χ1n) is 16.1. The van der Waals surface area contributed by atoms with Gasteiger partial charge in [-0.15, -0.1) is 0 Å². The fourth-order valence-corrected chi connectivity index (χ4v) is 5.45. The number of ether oxygens (including phenoxy) is 2. The van der Waals surface area contributed by atoms with Crippen LogP contribution < -0.4 is 4.74 Å². The van der Waals surface area contributed by atoms with Gasteiger partial charge in [-0.2, -0.15) is 0 Å². The quantitative estimate of drug-likeness (QED) is 0.0710. The summed E-state index contributed by atoms with van der Waals surface area (Å²) in [5.41, 5.74) is 1.64. The number of hydrogen-bond acceptors (Lipinski definition) is 7. The van der Waals surface area contributed by atoms with Crippen molar-refractivity contribution in [2.45, 2.75) is 110 Å². The van der Waals surface area contributed by atoms with Gasteiger partial charge in [0.25, 0.3) is 0 Å². The summed E-state index contributed by atoms with van der Waals surface area (Å²) in [6.07, 6.45) is 16.4. The van der Waals surface area contributed by atoms with Crippen molar-refractivity contribution in [1.82, 2.24) is 0 Å². The molecule has 0 aliphatic rings. The Kier molecular flexibility index (Phi) is 14.6. The highest BCUT2D eigenvalue weighted by Gasteiger charge is 2.23. The van der Waals surface area contributed by atoms with Crippen molar-refractivity contribution in [3.05, 3.63) is 82.4 Å². The number of benzene rings is 3. The standard InChI is InChI=1S/C37H48O7/c1-3-4-5-6-7-8-9-10-11-12-13-14-18-21-29-23-30(38)24-32(39)35(29)37(42)44-31-22-27(2)34(33(40)25-31)36(41)43-26-28-19-16-15-17-20-28/h15-17,19-20,22-25,38-40H,3-14,18,21,26H2,1-2H3. The van der Waals surface area contributed by atoms with Gasteiger partial charge in [-0.25, -0.2) is 9.59 Å². The Morgan fingerprint density at radius 1 is 0.659 bits per heavy atom. The highest BCUT2D eigenvalue weighted by atomic mass is 16.5. The third-order valence-electron chi connectivity index (χ3n) is 7.85. The zero-order valence-electron chi connectivity index (χ0n) is 26.3. The summed E-state index contributed by atoms with van der Waals surface area (Å²) in [4.78, 5) is 25.8. The molecule has 3 aromatic carbocycles. The van der Waals surface area contributed by atoms with E-state index in [1.807, 2.05) is 30.3 Å². The molecule has 3 N–H and O–H groups in total. The second-order valence-corrected chi connectivity index (χ2v) is 11.6. The average Bonchev–Trinajstić information content (AvgIpc) is 2.98. The Hall–Kier alpha value is -4.00. The van der Waals surface area contributed by atoms with Crippen molar-refractivity contribution in [1.29, 1.82) is 0 Å². The molecule has 0 aliphatic heterocycles. The monoisotopic (exact) mass is 604 g/mol. The summed E-state index contributed by atoms with van der Waals surface area (Å²) in [5.74, 6) is -2.38. The summed E-state index contributed by atoms with van der Waals surface area (Å²) >= 11 is 0. The molecule has 3 rings (SSSR count). The highest BCUT2D eigenvalue weighted by Crippen LogP contribution is 2.32. The first-order valence-corrected chi connectivity index (χ1v) is 16.1. The molecule has 7 nitrogen and oxygen atoms in total. The number of phenols is 3. The van der Waals surface area contributed by atoms with Crippen LogP contribution in [0, 0.1) is 6.92 Å². The molecule has 3 aromatic rings. The van der Waals surface area contributed by atoms with E-state index in [0.717, 1.165) is 30.9 Å². The van der Waals surface area contributed by atoms with E-state index in [9.17, 15) is 24.9 Å². The van der Waals surface area contributed by atoms with E-state index in [0.29, 0.717) is 17.5 Å². The molecular formula is C37H48O7. The zero-order valence-corrected chi connectivity index (χ0v) is 26.3. The van der Waals surface area contributed by atoms with Crippen molar-refractivity contribution in [3.8, 4) is 23.0 Å². The maximum Gasteiger partial charge on any atom is 0.347 e. The van der Waals surface area contributed by atoms with Crippen molar-refractivity contribution in [2.24, 2.45) is 0 Å². The lowest BCUT2D eigenvalue weighted by Gasteiger charge is -2.14. The predicted octanol–water partition coefficient (Wildman–Crippen LogP) is 9.32. The van der Waals surface area contributed by atoms with Crippen LogP contribution in [0.5, 0.6) is 23.0 Å². The zero-order chi connectivity index (χ0) is 31.7. The number of hydrogen-bond donors (Lipinski definition) is 3. The lowest BCUT2D eigenvalue weighted by molar-refractivity contribution is 0.0468. The Morgan fingerprint density at radius 3 is 1.82 bits per heavy atom. The predicted molar refractivity (Wildman–Crippen MR) is 173 cm³/mol. The maximum atomic E-state index is 13.2. The van der Waals surface area contributed by atoms with Crippen molar-refractivity contribution in [2.75, 3.05) is 0 Å². The van der Waals surface area contributed by atoms with E-state index in [1.54, 1.807) is 6.92 Å². The number of esters is 2. The third kappa shape index (κ3) is 11.3. The first-order chi connectivity index (χ1) is 21.3. The first kappa shape index (κ1) is 34.5. The van der Waals surface area contributed by atoms with E-state index in [2.05, 4.69) is 6.92 Å². The SMILES string of the molecule is CCCCCCCCCCCCCCCc1cc(O)cc(O)c1C(=O)Oc1cc(C)c(C(=O)OCc2ccccc2)c(O)c1. The molecule has 0 radical (unpaired) electrons. The summed E-state index contributed by atoms with van der Waals surface area (Å²) in [6, 6.07) is 14.4. The molecule has 238 valence electrons. The lowest BCUT2D eigenvalue weighted by Crippen LogP contribution is -2.13. The van der Waals surface area contributed by atoms with E-state index >= 15 is 0 Å². The maximum absolute atomic E-state index is 13.2. The Labute approximate surface area is 261 Å². The minimum Gasteiger partial charge on any atom is -0.508 e. The van der Waals surface area contributed by atoms with E-state index in [-0.39, 0.29) is 40.7 Å². The van der Waals surface area contributed by atoms with Crippen LogP contribution in [0.3, 0.4) is 0 Å². The van der Waals surface area contributed by atoms with Crippen LogP contribution in [0.2, 0.25) is 0 Å². The van der Waals surface area contributed by atoms with Crippen LogP contribution in [0.25, 0.3) is 0 Å². The van der Waals surface area contributed by atoms with Gasteiger partial charge in [0.05, 0.1) is 0 Å². The van der Waals surface area contributed by atoms with E-state index in [4.69, 9.17) is 9.47 Å². The molecule has 0 aromatic heterocycles. The van der Waals surface area contributed by atoms with Crippen molar-refractivity contribution in [3.63, 3.8) is 0 Å². The summed E-state index contributed by atoms with van der Waals surface area (Å²) in [6.45, 7) is 3.90. The number of carbonyl (C=O) groups excluding carboxylic acids is 2. The Bertz CT molecular complexity index is 1310. The van der Waals surface area contributed by atoms with Crippen LogP contribution in [0.4, 0.5) is 0 Å². The topological polar surface area (TPSA) is 113 Å². The Balaban J connectivity index is 1.50. The average molecular weight is 605 g/mol. The van der Waals surface area contributed by atoms with E-state index < -0.39 is 11.9 Å². The molecule has 0 atom stereocenters. The number of aromatic hydroxyl groups is 3. The van der Waals surface area contributed by atoms with Crippen molar-refractivity contribution >= 4 is 11.9 Å². The molecule has 0 heterocycles. The Morgan fingerprint density at radius 2 is 1.23 bits per heavy atom. The number of rotatable bonds is 19. The molecule has 7 heteroatoms. The van der Waals surface area contributed by atoms with Crippen LogP contribution in [-0.4, -0.2) is 27.3 Å². The fourth-order valence-electron chi connectivity index (χ4n) is 5.45. The number of aryl methyl sites for hydroxylation is 2. The molecule has 0 bridgehead atoms. The minimum atomic E-state index is -0.814. The van der Waals surface area contributed by atoms with Gasteiger partial charge in [-0.3, -0.25) is 0 Å². The van der Waals surface area contributed by atoms with Gasteiger partial charge in [0, 0.05) is 12.1 Å². The molecule has 0 amide bonds. The molecule has 0 unspecified atom stereocenters. The summed E-state index contributed by atoms with van der Waals surface area (Å²) in [7, 11) is 0. The van der Waals surface area contributed by atoms with Gasteiger partial charge in [-0.05, 0) is 48.6 Å². The molecule has 0 fully saturated rings. The molecule has 0 saturated carbocycles. The largest absolute Gasteiger partial charge is 0.508 e. The third-order valence-corrected chi connectivity index (χ3v) is 7.85. The highest BCUT2D eigenvalue weighted by molar-refractivity contribution is 5.97. The van der Waals surface area contributed by atoms with Gasteiger partial charge in [-0.1, -0.05) is 114 Å². The van der Waals surface area contributed by atoms with Crippen LogP contribution in [0.15, 0.2) is 54.6 Å². The normalized spacial score (nSPS) is 11.0. The van der Waals surface area contributed by atoms with Crippen molar-refractivity contribution < 1.29 is 34.4 Å². The molecule has 0 aliphatic carbocycles. The summed E-state index contributed by atoms with van der Waals surface area (Å²) in [5, 5.41) is 31.2. The molecule has 44 heavy (non-hydrogen) atoms. The van der Waals surface area contributed by atoms with Gasteiger partial charge >= 0.3 is 11.9 Å². The second-order valence-electron chi connectivity index (χ2n) is 11.6. The minimum absolute atomic E-state index is 0.0173. The van der Waals surface area contributed by atoms with Crippen LogP contribution >= 0.6 is 0 Å². The van der Waals surface area contributed by atoms with Gasteiger partial charge in [0.15, 0.2) is 0 Å². The second kappa shape index (κ2) is 18.6. The fraction of sp³-hybridized carbons (Fsp3) is 0.459. The summed E-state index contributed by atoms with van der Waals surface area (Å²) < 4.78 is 10.9. The number of unbranched alkanes of at least 4 members (excludes halogenated alkanes) is 12. The lowest BCUT2D eigenvalue weighted by atomic mass is 9.98. The smallest absolute Gasteiger partial charge is 0.347 e. The number of phenolic OH excluding ortho intramolecular Hbond substituents is 3. The number of carbonyl (C=O) groups is 2. The molecule has 0 spiro atoms. The van der Waals surface area contributed by atoms with Gasteiger partial charge in [0.1, 0.15) is 40.7 Å². The van der Waals surface area contributed by atoms with Crippen LogP contribution in [-0.2, 0) is 17.8 Å². The van der Waals surface area contributed by atoms with E-state index in [1.165, 1.54) is 82.4 Å². The van der Waals surface area contributed by atoms with Gasteiger partial charge < -0.3 is 24.8 Å².